The molecular formula is C12H19N3. The number of hydrazine groups is 1. The van der Waals surface area contributed by atoms with Crippen LogP contribution in [0.1, 0.15) is 35.8 Å². The molecule has 3 nitrogen and oxygen atoms in total. The second-order valence-corrected chi connectivity index (χ2v) is 3.77. The van der Waals surface area contributed by atoms with Crippen LogP contribution in [0.15, 0.2) is 24.8 Å². The molecule has 1 aromatic heterocycles. The molecule has 15 heavy (non-hydrogen) atoms. The number of nitrogens with zero attached hydrogens (tertiary/aromatic N) is 1. The Morgan fingerprint density at radius 3 is 2.53 bits per heavy atom. The van der Waals surface area contributed by atoms with Gasteiger partial charge in [-0.2, -0.15) is 0 Å². The van der Waals surface area contributed by atoms with E-state index >= 15 is 0 Å². The quantitative estimate of drug-likeness (QED) is 0.440. The third-order valence-electron chi connectivity index (χ3n) is 2.37. The Bertz CT molecular complexity index is 313. The highest BCUT2D eigenvalue weighted by Crippen LogP contribution is 2.19. The van der Waals surface area contributed by atoms with Crippen LogP contribution in [-0.4, -0.2) is 4.98 Å². The van der Waals surface area contributed by atoms with Crippen molar-refractivity contribution >= 4 is 0 Å². The van der Waals surface area contributed by atoms with Crippen molar-refractivity contribution in [1.82, 2.24) is 10.4 Å². The van der Waals surface area contributed by atoms with Crippen LogP contribution in [-0.2, 0) is 0 Å². The maximum atomic E-state index is 5.54. The molecule has 1 atom stereocenters. The van der Waals surface area contributed by atoms with Crippen molar-refractivity contribution in [3.63, 3.8) is 0 Å². The number of aryl methyl sites for hydroxylation is 2. The molecule has 0 aliphatic rings. The first-order valence-corrected chi connectivity index (χ1v) is 5.19. The first-order chi connectivity index (χ1) is 7.17. The highest BCUT2D eigenvalue weighted by atomic mass is 15.2. The third-order valence-corrected chi connectivity index (χ3v) is 2.37. The summed E-state index contributed by atoms with van der Waals surface area (Å²) in [6.07, 6.45) is 3.82. The van der Waals surface area contributed by atoms with E-state index in [9.17, 15) is 0 Å². The Balaban J connectivity index is 2.85. The number of nitrogens with one attached hydrogen (secondary N) is 1. The van der Waals surface area contributed by atoms with Crippen LogP contribution >= 0.6 is 0 Å². The molecule has 0 spiro atoms. The summed E-state index contributed by atoms with van der Waals surface area (Å²) in [6, 6.07) is 4.32. The molecule has 0 bridgehead atoms. The van der Waals surface area contributed by atoms with Gasteiger partial charge in [0, 0.05) is 17.4 Å². The van der Waals surface area contributed by atoms with Crippen LogP contribution in [0.5, 0.6) is 0 Å². The molecule has 1 rings (SSSR count). The van der Waals surface area contributed by atoms with Crippen molar-refractivity contribution in [2.75, 3.05) is 0 Å². The maximum Gasteiger partial charge on any atom is 0.0464 e. The minimum atomic E-state index is 0.184. The van der Waals surface area contributed by atoms with Gasteiger partial charge < -0.3 is 0 Å². The van der Waals surface area contributed by atoms with Crippen molar-refractivity contribution in [3.8, 4) is 0 Å². The average molecular weight is 205 g/mol. The van der Waals surface area contributed by atoms with Crippen LogP contribution in [0.25, 0.3) is 0 Å². The van der Waals surface area contributed by atoms with E-state index in [1.807, 2.05) is 19.9 Å². The summed E-state index contributed by atoms with van der Waals surface area (Å²) in [6.45, 7) is 7.71. The largest absolute Gasteiger partial charge is 0.271 e. The first-order valence-electron chi connectivity index (χ1n) is 5.19. The van der Waals surface area contributed by atoms with Gasteiger partial charge in [-0.15, -0.1) is 6.58 Å². The Hall–Kier alpha value is -1.19. The molecule has 1 unspecified atom stereocenters. The lowest BCUT2D eigenvalue weighted by molar-refractivity contribution is 0.519. The summed E-state index contributed by atoms with van der Waals surface area (Å²) in [7, 11) is 0. The molecule has 0 radical (unpaired) electrons. The van der Waals surface area contributed by atoms with E-state index in [0.717, 1.165) is 24.2 Å². The lowest BCUT2D eigenvalue weighted by Gasteiger charge is -2.16. The molecule has 1 aromatic rings. The number of rotatable bonds is 5. The fourth-order valence-corrected chi connectivity index (χ4v) is 1.70. The predicted octanol–water partition coefficient (Wildman–Crippen LogP) is 2.17. The van der Waals surface area contributed by atoms with Gasteiger partial charge in [-0.3, -0.25) is 16.3 Å². The summed E-state index contributed by atoms with van der Waals surface area (Å²) >= 11 is 0. The minimum absolute atomic E-state index is 0.184. The second-order valence-electron chi connectivity index (χ2n) is 3.77. The van der Waals surface area contributed by atoms with Gasteiger partial charge in [0.05, 0.1) is 0 Å². The van der Waals surface area contributed by atoms with Gasteiger partial charge in [0.25, 0.3) is 0 Å². The zero-order chi connectivity index (χ0) is 11.3. The third kappa shape index (κ3) is 3.46. The molecular weight excluding hydrogens is 186 g/mol. The van der Waals surface area contributed by atoms with Gasteiger partial charge in [-0.05, 0) is 44.4 Å². The van der Waals surface area contributed by atoms with Crippen molar-refractivity contribution in [1.29, 1.82) is 0 Å². The van der Waals surface area contributed by atoms with Crippen molar-refractivity contribution in [3.05, 3.63) is 41.7 Å². The molecule has 0 aliphatic heterocycles. The summed E-state index contributed by atoms with van der Waals surface area (Å²) in [5.41, 5.74) is 6.09. The number of nitrogens with two attached hydrogens (primary N) is 1. The smallest absolute Gasteiger partial charge is 0.0464 e. The van der Waals surface area contributed by atoms with Crippen molar-refractivity contribution in [2.24, 2.45) is 5.84 Å². The van der Waals surface area contributed by atoms with E-state index in [1.54, 1.807) is 0 Å². The van der Waals surface area contributed by atoms with E-state index in [1.165, 1.54) is 5.56 Å². The maximum absolute atomic E-state index is 5.54. The molecule has 0 saturated heterocycles. The Morgan fingerprint density at radius 1 is 1.47 bits per heavy atom. The SMILES string of the molecule is C=CCCC(NN)c1cc(C)nc(C)c1. The monoisotopic (exact) mass is 205 g/mol. The number of hydrogen-bond acceptors (Lipinski definition) is 3. The topological polar surface area (TPSA) is 50.9 Å². The van der Waals surface area contributed by atoms with Crippen LogP contribution in [0, 0.1) is 13.8 Å². The number of aromatic nitrogens is 1. The zero-order valence-electron chi connectivity index (χ0n) is 9.46. The fourth-order valence-electron chi connectivity index (χ4n) is 1.70. The summed E-state index contributed by atoms with van der Waals surface area (Å²) in [5.74, 6) is 5.54. The van der Waals surface area contributed by atoms with Crippen LogP contribution in [0.2, 0.25) is 0 Å². The highest BCUT2D eigenvalue weighted by molar-refractivity contribution is 5.23. The van der Waals surface area contributed by atoms with Gasteiger partial charge in [0.1, 0.15) is 0 Å². The molecule has 0 saturated carbocycles. The zero-order valence-corrected chi connectivity index (χ0v) is 9.46. The van der Waals surface area contributed by atoms with E-state index in [2.05, 4.69) is 29.1 Å². The normalized spacial score (nSPS) is 12.5. The fraction of sp³-hybridized carbons (Fsp3) is 0.417. The van der Waals surface area contributed by atoms with E-state index in [-0.39, 0.29) is 6.04 Å². The van der Waals surface area contributed by atoms with Gasteiger partial charge in [0.15, 0.2) is 0 Å². The molecule has 1 heterocycles. The summed E-state index contributed by atoms with van der Waals surface area (Å²) < 4.78 is 0. The van der Waals surface area contributed by atoms with Crippen LogP contribution in [0.3, 0.4) is 0 Å². The summed E-state index contributed by atoms with van der Waals surface area (Å²) in [4.78, 5) is 4.34. The number of pyridine rings is 1. The van der Waals surface area contributed by atoms with Crippen molar-refractivity contribution in [2.45, 2.75) is 32.7 Å². The predicted molar refractivity (Wildman–Crippen MR) is 63.2 cm³/mol. The van der Waals surface area contributed by atoms with E-state index < -0.39 is 0 Å². The van der Waals surface area contributed by atoms with Gasteiger partial charge >= 0.3 is 0 Å². The minimum Gasteiger partial charge on any atom is -0.271 e. The Kier molecular flexibility index (Phi) is 4.46. The first kappa shape index (κ1) is 11.9. The number of allylic oxidation sites excluding steroid dienone is 1. The van der Waals surface area contributed by atoms with Crippen LogP contribution in [0.4, 0.5) is 0 Å². The molecule has 0 amide bonds. The summed E-state index contributed by atoms with van der Waals surface area (Å²) in [5, 5.41) is 0. The molecule has 0 aromatic carbocycles. The van der Waals surface area contributed by atoms with Gasteiger partial charge in [-0.25, -0.2) is 0 Å². The molecule has 82 valence electrons. The average Bonchev–Trinajstić information content (AvgIpc) is 2.17. The highest BCUT2D eigenvalue weighted by Gasteiger charge is 2.09. The van der Waals surface area contributed by atoms with E-state index in [0.29, 0.717) is 0 Å². The molecule has 3 heteroatoms. The lowest BCUT2D eigenvalue weighted by atomic mass is 10.0. The van der Waals surface area contributed by atoms with E-state index in [4.69, 9.17) is 5.84 Å². The van der Waals surface area contributed by atoms with Gasteiger partial charge in [-0.1, -0.05) is 6.08 Å². The second kappa shape index (κ2) is 5.63. The molecule has 0 aliphatic carbocycles. The molecule has 3 N–H and O–H groups in total. The Labute approximate surface area is 91.4 Å². The van der Waals surface area contributed by atoms with Gasteiger partial charge in [0.2, 0.25) is 0 Å². The van der Waals surface area contributed by atoms with Crippen molar-refractivity contribution < 1.29 is 0 Å². The Morgan fingerprint density at radius 2 is 2.07 bits per heavy atom. The standard InChI is InChI=1S/C12H19N3/c1-4-5-6-12(15-13)11-7-9(2)14-10(3)8-11/h4,7-8,12,15H,1,5-6,13H2,2-3H3. The van der Waals surface area contributed by atoms with Crippen LogP contribution < -0.4 is 11.3 Å². The molecule has 0 fully saturated rings. The number of hydrogen-bond donors (Lipinski definition) is 2. The lowest BCUT2D eigenvalue weighted by Crippen LogP contribution is -2.28.